The van der Waals surface area contributed by atoms with E-state index >= 15 is 0 Å². The Balaban J connectivity index is 1.18. The van der Waals surface area contributed by atoms with Crippen LogP contribution in [0.4, 0.5) is 17.3 Å². The molecule has 1 atom stereocenters. The Morgan fingerprint density at radius 2 is 2.00 bits per heavy atom. The van der Waals surface area contributed by atoms with Gasteiger partial charge in [0.2, 0.25) is 11.9 Å². The summed E-state index contributed by atoms with van der Waals surface area (Å²) in [6.07, 6.45) is 7.26. The summed E-state index contributed by atoms with van der Waals surface area (Å²) in [4.78, 5) is 30.5. The fraction of sp³-hybridized carbons (Fsp3) is 0.333. The van der Waals surface area contributed by atoms with Gasteiger partial charge in [-0.2, -0.15) is 0 Å². The lowest BCUT2D eigenvalue weighted by Crippen LogP contribution is -2.53. The average Bonchev–Trinajstić information content (AvgIpc) is 3.65. The van der Waals surface area contributed by atoms with Crippen LogP contribution in [-0.2, 0) is 4.79 Å². The van der Waals surface area contributed by atoms with Crippen molar-refractivity contribution in [2.45, 2.75) is 18.9 Å². The van der Waals surface area contributed by atoms with Crippen molar-refractivity contribution in [1.29, 1.82) is 0 Å². The first-order chi connectivity index (χ1) is 18.6. The highest BCUT2D eigenvalue weighted by Crippen LogP contribution is 2.33. The molecule has 0 radical (unpaired) electrons. The predicted octanol–water partition coefficient (Wildman–Crippen LogP) is 3.60. The largest absolute Gasteiger partial charge is 0.494 e. The molecule has 38 heavy (non-hydrogen) atoms. The topological polar surface area (TPSA) is 99.9 Å². The van der Waals surface area contributed by atoms with Crippen molar-refractivity contribution in [1.82, 2.24) is 29.6 Å². The van der Waals surface area contributed by atoms with Gasteiger partial charge in [-0.05, 0) is 43.7 Å². The minimum Gasteiger partial charge on any atom is -0.494 e. The Bertz CT molecular complexity index is 1460. The summed E-state index contributed by atoms with van der Waals surface area (Å²) in [7, 11) is 1.64. The molecule has 1 aromatic carbocycles. The second-order valence-corrected chi connectivity index (χ2v) is 9.84. The van der Waals surface area contributed by atoms with Gasteiger partial charge in [0.15, 0.2) is 0 Å². The van der Waals surface area contributed by atoms with Gasteiger partial charge in [0.05, 0.1) is 41.9 Å². The number of pyridine rings is 1. The van der Waals surface area contributed by atoms with Gasteiger partial charge in [-0.1, -0.05) is 17.7 Å². The van der Waals surface area contributed by atoms with E-state index in [4.69, 9.17) is 16.3 Å². The summed E-state index contributed by atoms with van der Waals surface area (Å²) in [6, 6.07) is 11.8. The van der Waals surface area contributed by atoms with Gasteiger partial charge in [-0.15, -0.1) is 0 Å². The first-order valence-corrected chi connectivity index (χ1v) is 13.2. The molecule has 3 aromatic heterocycles. The molecule has 6 rings (SSSR count). The number of hydrogen-bond donors (Lipinski definition) is 2. The summed E-state index contributed by atoms with van der Waals surface area (Å²) < 4.78 is 7.64. The molecule has 2 aliphatic heterocycles. The molecule has 2 saturated heterocycles. The van der Waals surface area contributed by atoms with E-state index in [1.807, 2.05) is 51.9 Å². The van der Waals surface area contributed by atoms with E-state index in [2.05, 4.69) is 30.5 Å². The number of halogens is 1. The standard InChI is InChI=1S/C27H29ClN8O2/c1-38-23-15-18(34-11-13-35(14-12-34)26(37)21-5-4-9-29-21)7-8-20(23)32-27-31-16-19(28)25(33-27)22-17-30-24-6-2-3-10-36(22)24/h2-3,6-8,10,15-17,21,29H,4-5,9,11-14H2,1H3,(H,31,32,33). The summed E-state index contributed by atoms with van der Waals surface area (Å²) in [6.45, 7) is 3.90. The van der Waals surface area contributed by atoms with Crippen LogP contribution >= 0.6 is 11.6 Å². The van der Waals surface area contributed by atoms with Crippen LogP contribution in [0.1, 0.15) is 12.8 Å². The molecule has 2 aliphatic rings. The number of rotatable bonds is 6. The molecule has 2 N–H and O–H groups in total. The maximum atomic E-state index is 12.7. The zero-order chi connectivity index (χ0) is 26.1. The molecule has 5 heterocycles. The lowest BCUT2D eigenvalue weighted by Gasteiger charge is -2.37. The van der Waals surface area contributed by atoms with Crippen molar-refractivity contribution in [2.24, 2.45) is 0 Å². The van der Waals surface area contributed by atoms with Crippen LogP contribution in [0.3, 0.4) is 0 Å². The van der Waals surface area contributed by atoms with Gasteiger partial charge in [0.1, 0.15) is 17.1 Å². The number of hydrogen-bond acceptors (Lipinski definition) is 8. The molecule has 0 spiro atoms. The van der Waals surface area contributed by atoms with Crippen molar-refractivity contribution >= 4 is 40.5 Å². The number of amides is 1. The summed E-state index contributed by atoms with van der Waals surface area (Å²) >= 11 is 6.47. The fourth-order valence-electron chi connectivity index (χ4n) is 5.12. The molecule has 10 nitrogen and oxygen atoms in total. The molecule has 0 aliphatic carbocycles. The maximum absolute atomic E-state index is 12.7. The Morgan fingerprint density at radius 1 is 1.13 bits per heavy atom. The highest BCUT2D eigenvalue weighted by molar-refractivity contribution is 6.32. The predicted molar refractivity (Wildman–Crippen MR) is 147 cm³/mol. The number of imidazole rings is 1. The number of carbonyl (C=O) groups is 1. The number of ether oxygens (including phenoxy) is 1. The lowest BCUT2D eigenvalue weighted by atomic mass is 10.1. The molecule has 0 saturated carbocycles. The van der Waals surface area contributed by atoms with E-state index in [9.17, 15) is 4.79 Å². The third kappa shape index (κ3) is 4.72. The average molecular weight is 533 g/mol. The third-order valence-electron chi connectivity index (χ3n) is 7.15. The molecule has 0 bridgehead atoms. The quantitative estimate of drug-likeness (QED) is 0.388. The Hall–Kier alpha value is -3.89. The van der Waals surface area contributed by atoms with Crippen LogP contribution in [0.25, 0.3) is 17.0 Å². The van der Waals surface area contributed by atoms with Crippen LogP contribution in [0.15, 0.2) is 55.0 Å². The van der Waals surface area contributed by atoms with E-state index in [0.29, 0.717) is 35.5 Å². The highest BCUT2D eigenvalue weighted by atomic mass is 35.5. The van der Waals surface area contributed by atoms with Gasteiger partial charge >= 0.3 is 0 Å². The SMILES string of the molecule is COc1cc(N2CCN(C(=O)C3CCCN3)CC2)ccc1Nc1ncc(Cl)c(-c2cnc3ccccn23)n1. The van der Waals surface area contributed by atoms with Gasteiger partial charge < -0.3 is 25.2 Å². The van der Waals surface area contributed by atoms with Crippen molar-refractivity contribution in [2.75, 3.05) is 50.1 Å². The number of nitrogens with zero attached hydrogens (tertiary/aromatic N) is 6. The van der Waals surface area contributed by atoms with E-state index in [1.165, 1.54) is 0 Å². The van der Waals surface area contributed by atoms with Gasteiger partial charge in [-0.25, -0.2) is 15.0 Å². The van der Waals surface area contributed by atoms with Crippen LogP contribution in [0.5, 0.6) is 5.75 Å². The Morgan fingerprint density at radius 3 is 2.79 bits per heavy atom. The molecular weight excluding hydrogens is 504 g/mol. The minimum absolute atomic E-state index is 0.0182. The first kappa shape index (κ1) is 24.4. The number of piperazine rings is 1. The smallest absolute Gasteiger partial charge is 0.239 e. The molecule has 1 unspecified atom stereocenters. The number of anilines is 3. The number of methoxy groups -OCH3 is 1. The van der Waals surface area contributed by atoms with Crippen LogP contribution in [0, 0.1) is 0 Å². The second-order valence-electron chi connectivity index (χ2n) is 9.43. The summed E-state index contributed by atoms with van der Waals surface area (Å²) in [5.41, 5.74) is 3.95. The van der Waals surface area contributed by atoms with Crippen molar-refractivity contribution in [3.63, 3.8) is 0 Å². The first-order valence-electron chi connectivity index (χ1n) is 12.8. The minimum atomic E-state index is -0.0182. The van der Waals surface area contributed by atoms with Gasteiger partial charge in [0.25, 0.3) is 0 Å². The van der Waals surface area contributed by atoms with E-state index in [1.54, 1.807) is 19.5 Å². The van der Waals surface area contributed by atoms with Crippen LogP contribution in [-0.4, -0.2) is 76.0 Å². The molecule has 2 fully saturated rings. The third-order valence-corrected chi connectivity index (χ3v) is 7.43. The van der Waals surface area contributed by atoms with Gasteiger partial charge in [0, 0.05) is 44.1 Å². The van der Waals surface area contributed by atoms with E-state index < -0.39 is 0 Å². The number of fused-ring (bicyclic) bond motifs is 1. The van der Waals surface area contributed by atoms with Crippen LogP contribution in [0.2, 0.25) is 5.02 Å². The monoisotopic (exact) mass is 532 g/mol. The number of carbonyl (C=O) groups excluding carboxylic acids is 1. The zero-order valence-electron chi connectivity index (χ0n) is 21.1. The fourth-order valence-corrected chi connectivity index (χ4v) is 5.30. The number of nitrogens with one attached hydrogen (secondary N) is 2. The summed E-state index contributed by atoms with van der Waals surface area (Å²) in [5, 5.41) is 7.02. The second kappa shape index (κ2) is 10.5. The van der Waals surface area contributed by atoms with Crippen LogP contribution < -0.4 is 20.3 Å². The van der Waals surface area contributed by atoms with E-state index in [-0.39, 0.29) is 11.9 Å². The molecule has 11 heteroatoms. The number of benzene rings is 1. The Kier molecular flexibility index (Phi) is 6.73. The molecule has 4 aromatic rings. The summed E-state index contributed by atoms with van der Waals surface area (Å²) in [5.74, 6) is 1.30. The normalized spacial score (nSPS) is 17.7. The van der Waals surface area contributed by atoms with Crippen molar-refractivity contribution in [3.05, 3.63) is 60.0 Å². The van der Waals surface area contributed by atoms with Crippen molar-refractivity contribution < 1.29 is 9.53 Å². The molecular formula is C27H29ClN8O2. The van der Waals surface area contributed by atoms with Gasteiger partial charge in [-0.3, -0.25) is 9.20 Å². The van der Waals surface area contributed by atoms with E-state index in [0.717, 1.165) is 55.2 Å². The maximum Gasteiger partial charge on any atom is 0.239 e. The molecule has 196 valence electrons. The number of aromatic nitrogens is 4. The van der Waals surface area contributed by atoms with Crippen molar-refractivity contribution in [3.8, 4) is 17.1 Å². The Labute approximate surface area is 225 Å². The highest BCUT2D eigenvalue weighted by Gasteiger charge is 2.29. The molecule has 1 amide bonds. The zero-order valence-corrected chi connectivity index (χ0v) is 21.9. The lowest BCUT2D eigenvalue weighted by molar-refractivity contribution is -0.133.